The molecule has 0 aromatic heterocycles. The van der Waals surface area contributed by atoms with Gasteiger partial charge < -0.3 is 9.84 Å². The van der Waals surface area contributed by atoms with Crippen molar-refractivity contribution in [2.24, 2.45) is 0 Å². The number of rotatable bonds is 4. The van der Waals surface area contributed by atoms with Gasteiger partial charge in [0.25, 0.3) is 0 Å². The summed E-state index contributed by atoms with van der Waals surface area (Å²) in [5.74, 6) is 0. The Bertz CT molecular complexity index is 104. The van der Waals surface area contributed by atoms with E-state index in [1.807, 2.05) is 0 Å². The Hall–Kier alpha value is -0.0800. The molecule has 0 spiro atoms. The summed E-state index contributed by atoms with van der Waals surface area (Å²) in [7, 11) is 0. The van der Waals surface area contributed by atoms with Gasteiger partial charge in [-0.1, -0.05) is 26.2 Å². The smallest absolute Gasteiger partial charge is 0.0834 e. The molecule has 2 heteroatoms. The third-order valence-electron chi connectivity index (χ3n) is 2.27. The summed E-state index contributed by atoms with van der Waals surface area (Å²) in [6.07, 6.45) is 5.51. The van der Waals surface area contributed by atoms with E-state index in [-0.39, 0.29) is 12.2 Å². The standard InChI is InChI=1S/C9H18O2/c1-2-3-4-5-9-8(10)6-7-11-9/h8-10H,2-7H2,1H3/t8-,9-/m1/s1. The Labute approximate surface area is 68.6 Å². The lowest BCUT2D eigenvalue weighted by molar-refractivity contribution is 0.0352. The van der Waals surface area contributed by atoms with Crippen LogP contribution in [-0.2, 0) is 4.74 Å². The Morgan fingerprint density at radius 3 is 2.82 bits per heavy atom. The zero-order valence-electron chi connectivity index (χ0n) is 7.25. The molecule has 0 aromatic rings. The molecule has 1 fully saturated rings. The summed E-state index contributed by atoms with van der Waals surface area (Å²) < 4.78 is 5.36. The summed E-state index contributed by atoms with van der Waals surface area (Å²) in [5, 5.41) is 9.36. The van der Waals surface area contributed by atoms with E-state index < -0.39 is 0 Å². The first-order chi connectivity index (χ1) is 5.34. The quantitative estimate of drug-likeness (QED) is 0.631. The monoisotopic (exact) mass is 158 g/mol. The van der Waals surface area contributed by atoms with E-state index in [0.717, 1.165) is 19.4 Å². The van der Waals surface area contributed by atoms with Gasteiger partial charge in [-0.2, -0.15) is 0 Å². The average molecular weight is 158 g/mol. The number of hydrogen-bond donors (Lipinski definition) is 1. The van der Waals surface area contributed by atoms with Gasteiger partial charge in [-0.3, -0.25) is 0 Å². The highest BCUT2D eigenvalue weighted by atomic mass is 16.5. The second kappa shape index (κ2) is 4.73. The highest BCUT2D eigenvalue weighted by Crippen LogP contribution is 2.18. The molecule has 66 valence electrons. The predicted molar refractivity (Wildman–Crippen MR) is 44.5 cm³/mol. The Morgan fingerprint density at radius 1 is 1.45 bits per heavy atom. The molecule has 0 unspecified atom stereocenters. The molecule has 1 aliphatic heterocycles. The SMILES string of the molecule is CCCCC[C@H]1OCC[C@H]1O. The molecule has 1 saturated heterocycles. The lowest BCUT2D eigenvalue weighted by Gasteiger charge is -2.12. The third kappa shape index (κ3) is 2.80. The maximum atomic E-state index is 9.36. The van der Waals surface area contributed by atoms with Crippen LogP contribution >= 0.6 is 0 Å². The summed E-state index contributed by atoms with van der Waals surface area (Å²) >= 11 is 0. The van der Waals surface area contributed by atoms with Crippen molar-refractivity contribution >= 4 is 0 Å². The van der Waals surface area contributed by atoms with Crippen LogP contribution in [0, 0.1) is 0 Å². The first-order valence-electron chi connectivity index (χ1n) is 4.64. The maximum Gasteiger partial charge on any atom is 0.0834 e. The predicted octanol–water partition coefficient (Wildman–Crippen LogP) is 1.72. The second-order valence-corrected chi connectivity index (χ2v) is 3.26. The van der Waals surface area contributed by atoms with E-state index in [1.165, 1.54) is 19.3 Å². The zero-order valence-corrected chi connectivity index (χ0v) is 7.25. The molecule has 0 bridgehead atoms. The van der Waals surface area contributed by atoms with E-state index in [4.69, 9.17) is 4.74 Å². The van der Waals surface area contributed by atoms with Crippen LogP contribution in [0.25, 0.3) is 0 Å². The van der Waals surface area contributed by atoms with Crippen LogP contribution in [0.5, 0.6) is 0 Å². The van der Waals surface area contributed by atoms with E-state index in [9.17, 15) is 5.11 Å². The summed E-state index contributed by atoms with van der Waals surface area (Å²) in [5.41, 5.74) is 0. The Balaban J connectivity index is 2.05. The molecule has 1 N–H and O–H groups in total. The van der Waals surface area contributed by atoms with Crippen LogP contribution in [0.4, 0.5) is 0 Å². The topological polar surface area (TPSA) is 29.5 Å². The lowest BCUT2D eigenvalue weighted by Crippen LogP contribution is -2.20. The minimum atomic E-state index is -0.188. The fraction of sp³-hybridized carbons (Fsp3) is 1.00. The second-order valence-electron chi connectivity index (χ2n) is 3.26. The van der Waals surface area contributed by atoms with E-state index in [0.29, 0.717) is 0 Å². The van der Waals surface area contributed by atoms with E-state index in [1.54, 1.807) is 0 Å². The van der Waals surface area contributed by atoms with Crippen molar-refractivity contribution in [2.75, 3.05) is 6.61 Å². The molecule has 0 aliphatic carbocycles. The molecule has 0 radical (unpaired) electrons. The molecule has 11 heavy (non-hydrogen) atoms. The highest BCUT2D eigenvalue weighted by Gasteiger charge is 2.24. The molecular formula is C9H18O2. The van der Waals surface area contributed by atoms with Crippen molar-refractivity contribution in [2.45, 2.75) is 51.2 Å². The van der Waals surface area contributed by atoms with Crippen molar-refractivity contribution in [1.82, 2.24) is 0 Å². The molecule has 1 aliphatic rings. The molecular weight excluding hydrogens is 140 g/mol. The summed E-state index contributed by atoms with van der Waals surface area (Å²) in [6.45, 7) is 2.93. The molecule has 2 nitrogen and oxygen atoms in total. The van der Waals surface area contributed by atoms with Gasteiger partial charge in [-0.25, -0.2) is 0 Å². The minimum Gasteiger partial charge on any atom is -0.390 e. The Morgan fingerprint density at radius 2 is 2.27 bits per heavy atom. The first-order valence-corrected chi connectivity index (χ1v) is 4.64. The maximum absolute atomic E-state index is 9.36. The Kier molecular flexibility index (Phi) is 3.87. The van der Waals surface area contributed by atoms with Crippen LogP contribution in [0.1, 0.15) is 39.0 Å². The van der Waals surface area contributed by atoms with Crippen molar-refractivity contribution in [1.29, 1.82) is 0 Å². The fourth-order valence-electron chi connectivity index (χ4n) is 1.51. The first kappa shape index (κ1) is 9.01. The van der Waals surface area contributed by atoms with Gasteiger partial charge in [0.15, 0.2) is 0 Å². The number of aliphatic hydroxyl groups excluding tert-OH is 1. The fourth-order valence-corrected chi connectivity index (χ4v) is 1.51. The van der Waals surface area contributed by atoms with Gasteiger partial charge in [0.2, 0.25) is 0 Å². The van der Waals surface area contributed by atoms with Gasteiger partial charge in [-0.05, 0) is 12.8 Å². The normalized spacial score (nSPS) is 31.1. The van der Waals surface area contributed by atoms with Gasteiger partial charge in [-0.15, -0.1) is 0 Å². The number of unbranched alkanes of at least 4 members (excludes halogenated alkanes) is 2. The van der Waals surface area contributed by atoms with Crippen LogP contribution in [0.2, 0.25) is 0 Å². The van der Waals surface area contributed by atoms with Crippen molar-refractivity contribution < 1.29 is 9.84 Å². The molecule has 2 atom stereocenters. The van der Waals surface area contributed by atoms with E-state index >= 15 is 0 Å². The van der Waals surface area contributed by atoms with Gasteiger partial charge >= 0.3 is 0 Å². The van der Waals surface area contributed by atoms with Crippen molar-refractivity contribution in [3.05, 3.63) is 0 Å². The average Bonchev–Trinajstić information content (AvgIpc) is 2.37. The highest BCUT2D eigenvalue weighted by molar-refractivity contribution is 4.74. The third-order valence-corrected chi connectivity index (χ3v) is 2.27. The largest absolute Gasteiger partial charge is 0.390 e. The lowest BCUT2D eigenvalue weighted by atomic mass is 10.1. The van der Waals surface area contributed by atoms with Crippen LogP contribution < -0.4 is 0 Å². The van der Waals surface area contributed by atoms with Gasteiger partial charge in [0.05, 0.1) is 12.2 Å². The van der Waals surface area contributed by atoms with E-state index in [2.05, 4.69) is 6.92 Å². The molecule has 0 aromatic carbocycles. The number of hydrogen-bond acceptors (Lipinski definition) is 2. The van der Waals surface area contributed by atoms with Gasteiger partial charge in [0, 0.05) is 6.61 Å². The molecule has 0 saturated carbocycles. The number of ether oxygens (including phenoxy) is 1. The van der Waals surface area contributed by atoms with Crippen LogP contribution in [0.3, 0.4) is 0 Å². The molecule has 1 heterocycles. The molecule has 1 rings (SSSR count). The van der Waals surface area contributed by atoms with Crippen LogP contribution in [0.15, 0.2) is 0 Å². The van der Waals surface area contributed by atoms with Crippen LogP contribution in [-0.4, -0.2) is 23.9 Å². The minimum absolute atomic E-state index is 0.140. The molecule has 0 amide bonds. The van der Waals surface area contributed by atoms with Crippen molar-refractivity contribution in [3.63, 3.8) is 0 Å². The van der Waals surface area contributed by atoms with Gasteiger partial charge in [0.1, 0.15) is 0 Å². The number of aliphatic hydroxyl groups is 1. The van der Waals surface area contributed by atoms with Crippen molar-refractivity contribution in [3.8, 4) is 0 Å². The summed E-state index contributed by atoms with van der Waals surface area (Å²) in [6, 6.07) is 0. The summed E-state index contributed by atoms with van der Waals surface area (Å²) in [4.78, 5) is 0. The zero-order chi connectivity index (χ0) is 8.10.